The first kappa shape index (κ1) is 16.0. The molecule has 1 aromatic carbocycles. The number of ether oxygens (including phenoxy) is 1. The molecular formula is C17H23N3O3. The van der Waals surface area contributed by atoms with E-state index in [4.69, 9.17) is 4.74 Å². The highest BCUT2D eigenvalue weighted by molar-refractivity contribution is 5.92. The molecule has 6 nitrogen and oxygen atoms in total. The van der Waals surface area contributed by atoms with Crippen molar-refractivity contribution in [2.24, 2.45) is 0 Å². The summed E-state index contributed by atoms with van der Waals surface area (Å²) in [5.74, 6) is -0.129. The summed E-state index contributed by atoms with van der Waals surface area (Å²) in [5, 5.41) is 5.85. The van der Waals surface area contributed by atoms with Crippen LogP contribution in [0.1, 0.15) is 18.4 Å². The molecule has 23 heavy (non-hydrogen) atoms. The van der Waals surface area contributed by atoms with Crippen LogP contribution in [-0.4, -0.2) is 55.1 Å². The van der Waals surface area contributed by atoms with E-state index in [0.717, 1.165) is 24.1 Å². The van der Waals surface area contributed by atoms with Crippen LogP contribution in [0.5, 0.6) is 0 Å². The van der Waals surface area contributed by atoms with Crippen molar-refractivity contribution in [3.63, 3.8) is 0 Å². The number of nitrogens with zero attached hydrogens (tertiary/aromatic N) is 1. The number of amides is 2. The molecular weight excluding hydrogens is 294 g/mol. The molecule has 0 radical (unpaired) electrons. The standard InChI is InChI=1S/C17H23N3O3/c1-12-3-2-4-14(9-12)18-16(21)11-20-7-8-23-15(10-20)17(22)19-13-5-6-13/h2-4,9,13,15H,5-8,10-11H2,1H3,(H,18,21)(H,19,22). The predicted octanol–water partition coefficient (Wildman–Crippen LogP) is 0.913. The molecule has 0 aromatic heterocycles. The van der Waals surface area contributed by atoms with Gasteiger partial charge in [0.05, 0.1) is 13.2 Å². The molecule has 1 unspecified atom stereocenters. The minimum Gasteiger partial charge on any atom is -0.366 e. The van der Waals surface area contributed by atoms with Crippen molar-refractivity contribution in [3.8, 4) is 0 Å². The summed E-state index contributed by atoms with van der Waals surface area (Å²) in [6, 6.07) is 8.03. The topological polar surface area (TPSA) is 70.7 Å². The van der Waals surface area contributed by atoms with Gasteiger partial charge in [-0.15, -0.1) is 0 Å². The molecule has 2 amide bonds. The SMILES string of the molecule is Cc1cccc(NC(=O)CN2CCOC(C(=O)NC3CC3)C2)c1. The number of aryl methyl sites for hydroxylation is 1. The van der Waals surface area contributed by atoms with Gasteiger partial charge in [0, 0.05) is 24.8 Å². The molecule has 0 bridgehead atoms. The van der Waals surface area contributed by atoms with Gasteiger partial charge in [0.2, 0.25) is 5.91 Å². The first-order valence-electron chi connectivity index (χ1n) is 8.11. The van der Waals surface area contributed by atoms with Crippen LogP contribution in [0.3, 0.4) is 0 Å². The molecule has 1 heterocycles. The van der Waals surface area contributed by atoms with E-state index in [1.54, 1.807) is 0 Å². The molecule has 124 valence electrons. The second kappa shape index (κ2) is 7.10. The maximum Gasteiger partial charge on any atom is 0.250 e. The maximum atomic E-state index is 12.2. The van der Waals surface area contributed by atoms with E-state index in [-0.39, 0.29) is 18.4 Å². The number of rotatable bonds is 5. The Labute approximate surface area is 136 Å². The molecule has 1 saturated carbocycles. The van der Waals surface area contributed by atoms with Crippen LogP contribution in [0.4, 0.5) is 5.69 Å². The van der Waals surface area contributed by atoms with Crippen molar-refractivity contribution in [2.45, 2.75) is 31.9 Å². The molecule has 0 spiro atoms. The monoisotopic (exact) mass is 317 g/mol. The lowest BCUT2D eigenvalue weighted by Crippen LogP contribution is -2.51. The fourth-order valence-corrected chi connectivity index (χ4v) is 2.65. The van der Waals surface area contributed by atoms with Gasteiger partial charge in [0.25, 0.3) is 5.91 Å². The lowest BCUT2D eigenvalue weighted by atomic mass is 10.2. The first-order valence-corrected chi connectivity index (χ1v) is 8.11. The number of benzene rings is 1. The largest absolute Gasteiger partial charge is 0.366 e. The average molecular weight is 317 g/mol. The van der Waals surface area contributed by atoms with Gasteiger partial charge in [-0.25, -0.2) is 0 Å². The molecule has 1 aromatic rings. The number of nitrogens with one attached hydrogen (secondary N) is 2. The van der Waals surface area contributed by atoms with Crippen LogP contribution in [0, 0.1) is 6.92 Å². The Hall–Kier alpha value is -1.92. The number of hydrogen-bond acceptors (Lipinski definition) is 4. The fourth-order valence-electron chi connectivity index (χ4n) is 2.65. The van der Waals surface area contributed by atoms with Crippen molar-refractivity contribution in [1.82, 2.24) is 10.2 Å². The molecule has 2 aliphatic rings. The summed E-state index contributed by atoms with van der Waals surface area (Å²) in [6.07, 6.45) is 1.64. The van der Waals surface area contributed by atoms with Crippen LogP contribution in [0.25, 0.3) is 0 Å². The van der Waals surface area contributed by atoms with E-state index < -0.39 is 6.10 Å². The number of anilines is 1. The van der Waals surface area contributed by atoms with E-state index in [0.29, 0.717) is 25.7 Å². The normalized spacial score (nSPS) is 21.7. The van der Waals surface area contributed by atoms with E-state index in [1.165, 1.54) is 0 Å². The predicted molar refractivity (Wildman–Crippen MR) is 87.2 cm³/mol. The molecule has 2 fully saturated rings. The fraction of sp³-hybridized carbons (Fsp3) is 0.529. The van der Waals surface area contributed by atoms with Gasteiger partial charge in [-0.2, -0.15) is 0 Å². The van der Waals surface area contributed by atoms with Crippen molar-refractivity contribution < 1.29 is 14.3 Å². The number of carbonyl (C=O) groups is 2. The summed E-state index contributed by atoms with van der Waals surface area (Å²) in [6.45, 7) is 3.85. The summed E-state index contributed by atoms with van der Waals surface area (Å²) in [7, 11) is 0. The zero-order valence-corrected chi connectivity index (χ0v) is 13.4. The van der Waals surface area contributed by atoms with Gasteiger partial charge in [-0.05, 0) is 37.5 Å². The van der Waals surface area contributed by atoms with Crippen molar-refractivity contribution in [1.29, 1.82) is 0 Å². The minimum absolute atomic E-state index is 0.0590. The van der Waals surface area contributed by atoms with Crippen molar-refractivity contribution >= 4 is 17.5 Å². The van der Waals surface area contributed by atoms with Crippen LogP contribution >= 0.6 is 0 Å². The van der Waals surface area contributed by atoms with Gasteiger partial charge in [0.15, 0.2) is 0 Å². The molecule has 1 aliphatic carbocycles. The van der Waals surface area contributed by atoms with Gasteiger partial charge in [-0.3, -0.25) is 14.5 Å². The van der Waals surface area contributed by atoms with E-state index in [2.05, 4.69) is 10.6 Å². The Morgan fingerprint density at radius 1 is 1.35 bits per heavy atom. The number of morpholine rings is 1. The molecule has 6 heteroatoms. The highest BCUT2D eigenvalue weighted by Gasteiger charge is 2.31. The Bertz CT molecular complexity index is 586. The van der Waals surface area contributed by atoms with Gasteiger partial charge in [0.1, 0.15) is 6.10 Å². The Morgan fingerprint density at radius 3 is 2.91 bits per heavy atom. The van der Waals surface area contributed by atoms with Crippen LogP contribution < -0.4 is 10.6 Å². The molecule has 3 rings (SSSR count). The van der Waals surface area contributed by atoms with Crippen LogP contribution in [0.15, 0.2) is 24.3 Å². The summed E-state index contributed by atoms with van der Waals surface area (Å²) in [5.41, 5.74) is 1.90. The summed E-state index contributed by atoms with van der Waals surface area (Å²) < 4.78 is 5.53. The maximum absolute atomic E-state index is 12.2. The lowest BCUT2D eigenvalue weighted by Gasteiger charge is -2.31. The van der Waals surface area contributed by atoms with Crippen LogP contribution in [-0.2, 0) is 14.3 Å². The lowest BCUT2D eigenvalue weighted by molar-refractivity contribution is -0.140. The number of hydrogen-bond donors (Lipinski definition) is 2. The third-order valence-corrected chi connectivity index (χ3v) is 4.04. The van der Waals surface area contributed by atoms with E-state index in [9.17, 15) is 9.59 Å². The zero-order valence-electron chi connectivity index (χ0n) is 13.4. The quantitative estimate of drug-likeness (QED) is 0.847. The van der Waals surface area contributed by atoms with Crippen LogP contribution in [0.2, 0.25) is 0 Å². The summed E-state index contributed by atoms with van der Waals surface area (Å²) in [4.78, 5) is 26.2. The molecule has 1 saturated heterocycles. The highest BCUT2D eigenvalue weighted by atomic mass is 16.5. The third-order valence-electron chi connectivity index (χ3n) is 4.04. The third kappa shape index (κ3) is 4.77. The second-order valence-corrected chi connectivity index (χ2v) is 6.30. The van der Waals surface area contributed by atoms with Crippen molar-refractivity contribution in [3.05, 3.63) is 29.8 Å². The minimum atomic E-state index is -0.476. The average Bonchev–Trinajstić information content (AvgIpc) is 3.31. The first-order chi connectivity index (χ1) is 11.1. The molecule has 1 aliphatic heterocycles. The van der Waals surface area contributed by atoms with Gasteiger partial charge < -0.3 is 15.4 Å². The second-order valence-electron chi connectivity index (χ2n) is 6.30. The Balaban J connectivity index is 1.48. The van der Waals surface area contributed by atoms with E-state index >= 15 is 0 Å². The smallest absolute Gasteiger partial charge is 0.250 e. The number of carbonyl (C=O) groups excluding carboxylic acids is 2. The van der Waals surface area contributed by atoms with Gasteiger partial charge in [-0.1, -0.05) is 12.1 Å². The Kier molecular flexibility index (Phi) is 4.93. The van der Waals surface area contributed by atoms with Gasteiger partial charge >= 0.3 is 0 Å². The Morgan fingerprint density at radius 2 is 2.17 bits per heavy atom. The highest BCUT2D eigenvalue weighted by Crippen LogP contribution is 2.19. The van der Waals surface area contributed by atoms with E-state index in [1.807, 2.05) is 36.1 Å². The molecule has 2 N–H and O–H groups in total. The summed E-state index contributed by atoms with van der Waals surface area (Å²) >= 11 is 0. The van der Waals surface area contributed by atoms with Crippen molar-refractivity contribution in [2.75, 3.05) is 31.6 Å². The molecule has 1 atom stereocenters. The zero-order chi connectivity index (χ0) is 16.2.